The highest BCUT2D eigenvalue weighted by Gasteiger charge is 2.27. The van der Waals surface area contributed by atoms with E-state index in [1.165, 1.54) is 0 Å². The fourth-order valence-corrected chi connectivity index (χ4v) is 3.32. The van der Waals surface area contributed by atoms with Gasteiger partial charge in [-0.3, -0.25) is 9.89 Å². The molecule has 6 nitrogen and oxygen atoms in total. The number of nitrogens with zero attached hydrogens (tertiary/aromatic N) is 3. The van der Waals surface area contributed by atoms with Gasteiger partial charge < -0.3 is 9.32 Å². The van der Waals surface area contributed by atoms with E-state index in [0.717, 1.165) is 42.4 Å². The molecule has 1 saturated heterocycles. The van der Waals surface area contributed by atoms with Gasteiger partial charge >= 0.3 is 0 Å². The zero-order valence-electron chi connectivity index (χ0n) is 14.1. The van der Waals surface area contributed by atoms with E-state index < -0.39 is 0 Å². The number of H-pyrrole nitrogens is 1. The molecular weight excluding hydrogens is 316 g/mol. The first-order valence-electron chi connectivity index (χ1n) is 8.53. The van der Waals surface area contributed by atoms with Crippen molar-refractivity contribution >= 4 is 5.91 Å². The number of hydrogen-bond donors (Lipinski definition) is 1. The Morgan fingerprint density at radius 1 is 1.28 bits per heavy atom. The van der Waals surface area contributed by atoms with Gasteiger partial charge in [-0.2, -0.15) is 5.10 Å². The van der Waals surface area contributed by atoms with E-state index in [1.54, 1.807) is 6.26 Å². The molecule has 0 radical (unpaired) electrons. The molecule has 1 atom stereocenters. The molecule has 1 aromatic carbocycles. The van der Waals surface area contributed by atoms with E-state index >= 15 is 0 Å². The number of aromatic amines is 1. The van der Waals surface area contributed by atoms with E-state index in [0.29, 0.717) is 12.1 Å². The maximum atomic E-state index is 12.8. The van der Waals surface area contributed by atoms with Gasteiger partial charge in [0.1, 0.15) is 11.6 Å². The van der Waals surface area contributed by atoms with Crippen molar-refractivity contribution in [1.29, 1.82) is 0 Å². The second-order valence-electron chi connectivity index (χ2n) is 6.42. The lowest BCUT2D eigenvalue weighted by Crippen LogP contribution is -2.39. The van der Waals surface area contributed by atoms with Gasteiger partial charge in [0.15, 0.2) is 5.82 Å². The van der Waals surface area contributed by atoms with Crippen molar-refractivity contribution in [3.8, 4) is 11.3 Å². The molecule has 0 aliphatic carbocycles. The van der Waals surface area contributed by atoms with Crippen LogP contribution in [-0.4, -0.2) is 39.1 Å². The van der Waals surface area contributed by atoms with Gasteiger partial charge in [0.25, 0.3) is 5.91 Å². The van der Waals surface area contributed by atoms with Crippen LogP contribution >= 0.6 is 0 Å². The Labute approximate surface area is 145 Å². The number of likely N-dealkylation sites (tertiary alicyclic amines) is 1. The molecule has 1 amide bonds. The summed E-state index contributed by atoms with van der Waals surface area (Å²) < 4.78 is 5.39. The largest absolute Gasteiger partial charge is 0.464 e. The van der Waals surface area contributed by atoms with Crippen molar-refractivity contribution in [2.24, 2.45) is 0 Å². The van der Waals surface area contributed by atoms with Gasteiger partial charge in [0.05, 0.1) is 6.26 Å². The third-order valence-electron chi connectivity index (χ3n) is 4.63. The lowest BCUT2D eigenvalue weighted by Gasteiger charge is -2.31. The summed E-state index contributed by atoms with van der Waals surface area (Å²) in [5.41, 5.74) is 1.66. The highest BCUT2D eigenvalue weighted by atomic mass is 16.3. The van der Waals surface area contributed by atoms with E-state index in [4.69, 9.17) is 4.42 Å². The molecule has 4 rings (SSSR count). The Kier molecular flexibility index (Phi) is 4.09. The normalized spacial score (nSPS) is 17.6. The average molecular weight is 336 g/mol. The molecule has 0 spiro atoms. The van der Waals surface area contributed by atoms with Crippen LogP contribution in [0, 0.1) is 6.92 Å². The van der Waals surface area contributed by atoms with E-state index in [1.807, 2.05) is 48.2 Å². The number of benzene rings is 1. The molecule has 3 heterocycles. The van der Waals surface area contributed by atoms with E-state index in [9.17, 15) is 4.79 Å². The fourth-order valence-electron chi connectivity index (χ4n) is 3.32. The van der Waals surface area contributed by atoms with Gasteiger partial charge in [-0.1, -0.05) is 12.1 Å². The third-order valence-corrected chi connectivity index (χ3v) is 4.63. The number of aryl methyl sites for hydroxylation is 1. The van der Waals surface area contributed by atoms with Gasteiger partial charge in [-0.25, -0.2) is 4.98 Å². The monoisotopic (exact) mass is 336 g/mol. The number of hydrogen-bond acceptors (Lipinski definition) is 4. The smallest absolute Gasteiger partial charge is 0.253 e. The Morgan fingerprint density at radius 2 is 2.12 bits per heavy atom. The summed E-state index contributed by atoms with van der Waals surface area (Å²) in [5.74, 6) is 2.68. The number of amides is 1. The second-order valence-corrected chi connectivity index (χ2v) is 6.42. The summed E-state index contributed by atoms with van der Waals surface area (Å²) in [7, 11) is 0. The van der Waals surface area contributed by atoms with Gasteiger partial charge in [-0.05, 0) is 44.0 Å². The van der Waals surface area contributed by atoms with Crippen LogP contribution in [0.2, 0.25) is 0 Å². The molecule has 0 saturated carbocycles. The van der Waals surface area contributed by atoms with E-state index in [-0.39, 0.29) is 11.8 Å². The SMILES string of the molecule is Cc1nc(C2CCCN(C(=O)c3ccc(-c4ccco4)cc3)C2)n[nH]1. The molecular formula is C19H20N4O2. The Balaban J connectivity index is 1.48. The van der Waals surface area contributed by atoms with Crippen LogP contribution in [0.3, 0.4) is 0 Å². The molecule has 1 fully saturated rings. The fraction of sp³-hybridized carbons (Fsp3) is 0.316. The summed E-state index contributed by atoms with van der Waals surface area (Å²) in [4.78, 5) is 19.2. The Morgan fingerprint density at radius 3 is 2.80 bits per heavy atom. The molecule has 0 bridgehead atoms. The summed E-state index contributed by atoms with van der Waals surface area (Å²) in [6, 6.07) is 11.3. The highest BCUT2D eigenvalue weighted by Crippen LogP contribution is 2.26. The average Bonchev–Trinajstić information content (AvgIpc) is 3.33. The van der Waals surface area contributed by atoms with Crippen LogP contribution in [0.4, 0.5) is 0 Å². The zero-order valence-corrected chi connectivity index (χ0v) is 14.1. The zero-order chi connectivity index (χ0) is 17.2. The maximum Gasteiger partial charge on any atom is 0.253 e. The molecule has 25 heavy (non-hydrogen) atoms. The Bertz CT molecular complexity index is 852. The van der Waals surface area contributed by atoms with Crippen LogP contribution in [-0.2, 0) is 0 Å². The summed E-state index contributed by atoms with van der Waals surface area (Å²) in [6.07, 6.45) is 3.63. The van der Waals surface area contributed by atoms with Crippen molar-refractivity contribution in [2.45, 2.75) is 25.7 Å². The summed E-state index contributed by atoms with van der Waals surface area (Å²) >= 11 is 0. The number of carbonyl (C=O) groups is 1. The van der Waals surface area contributed by atoms with Crippen molar-refractivity contribution in [3.05, 3.63) is 59.9 Å². The van der Waals surface area contributed by atoms with Gasteiger partial charge in [0.2, 0.25) is 0 Å². The minimum Gasteiger partial charge on any atom is -0.464 e. The molecule has 1 N–H and O–H groups in total. The molecule has 1 aliphatic heterocycles. The lowest BCUT2D eigenvalue weighted by molar-refractivity contribution is 0.0704. The van der Waals surface area contributed by atoms with Crippen LogP contribution < -0.4 is 0 Å². The first-order chi connectivity index (χ1) is 12.2. The number of nitrogens with one attached hydrogen (secondary N) is 1. The quantitative estimate of drug-likeness (QED) is 0.795. The predicted octanol–water partition coefficient (Wildman–Crippen LogP) is 3.39. The van der Waals surface area contributed by atoms with Crippen LogP contribution in [0.15, 0.2) is 47.1 Å². The van der Waals surface area contributed by atoms with E-state index in [2.05, 4.69) is 15.2 Å². The number of piperidine rings is 1. The van der Waals surface area contributed by atoms with Crippen molar-refractivity contribution < 1.29 is 9.21 Å². The summed E-state index contributed by atoms with van der Waals surface area (Å²) in [6.45, 7) is 3.33. The standard InChI is InChI=1S/C19H20N4O2/c1-13-20-18(22-21-13)16-4-2-10-23(12-16)19(24)15-8-6-14(7-9-15)17-5-3-11-25-17/h3,5-9,11,16H,2,4,10,12H2,1H3,(H,20,21,22). The minimum absolute atomic E-state index is 0.0583. The predicted molar refractivity (Wildman–Crippen MR) is 93.1 cm³/mol. The lowest BCUT2D eigenvalue weighted by atomic mass is 9.96. The number of carbonyl (C=O) groups excluding carboxylic acids is 1. The molecule has 128 valence electrons. The first kappa shape index (κ1) is 15.6. The van der Waals surface area contributed by atoms with Crippen LogP contribution in [0.1, 0.15) is 40.8 Å². The van der Waals surface area contributed by atoms with Crippen molar-refractivity contribution in [1.82, 2.24) is 20.1 Å². The van der Waals surface area contributed by atoms with Crippen molar-refractivity contribution in [3.63, 3.8) is 0 Å². The molecule has 2 aromatic heterocycles. The maximum absolute atomic E-state index is 12.8. The second kappa shape index (κ2) is 6.55. The third kappa shape index (κ3) is 3.20. The molecule has 1 unspecified atom stereocenters. The van der Waals surface area contributed by atoms with Crippen molar-refractivity contribution in [2.75, 3.05) is 13.1 Å². The molecule has 3 aromatic rings. The number of rotatable bonds is 3. The first-order valence-corrected chi connectivity index (χ1v) is 8.53. The summed E-state index contributed by atoms with van der Waals surface area (Å²) in [5, 5.41) is 7.15. The number of aromatic nitrogens is 3. The van der Waals surface area contributed by atoms with Gasteiger partial charge in [0, 0.05) is 30.1 Å². The minimum atomic E-state index is 0.0583. The van der Waals surface area contributed by atoms with Gasteiger partial charge in [-0.15, -0.1) is 0 Å². The highest BCUT2D eigenvalue weighted by molar-refractivity contribution is 5.94. The van der Waals surface area contributed by atoms with Crippen LogP contribution in [0.5, 0.6) is 0 Å². The van der Waals surface area contributed by atoms with Crippen LogP contribution in [0.25, 0.3) is 11.3 Å². The Hall–Kier alpha value is -2.89. The molecule has 6 heteroatoms. The topological polar surface area (TPSA) is 75.0 Å². The molecule has 1 aliphatic rings. The number of furan rings is 1.